The van der Waals surface area contributed by atoms with Crippen molar-refractivity contribution in [2.75, 3.05) is 6.61 Å². The molecule has 3 unspecified atom stereocenters. The van der Waals surface area contributed by atoms with Gasteiger partial charge in [-0.3, -0.25) is 4.79 Å². The normalized spacial score (nSPS) is 22.6. The third-order valence-corrected chi connectivity index (χ3v) is 9.20. The Kier molecular flexibility index (Phi) is 8.60. The van der Waals surface area contributed by atoms with Crippen LogP contribution in [-0.4, -0.2) is 44.0 Å². The van der Waals surface area contributed by atoms with Crippen molar-refractivity contribution in [3.63, 3.8) is 0 Å². The van der Waals surface area contributed by atoms with Crippen LogP contribution < -0.4 is 9.46 Å². The van der Waals surface area contributed by atoms with Crippen molar-refractivity contribution in [1.82, 2.24) is 9.62 Å². The summed E-state index contributed by atoms with van der Waals surface area (Å²) in [6.07, 6.45) is 4.74. The minimum atomic E-state index is -4.45. The summed E-state index contributed by atoms with van der Waals surface area (Å²) < 4.78 is 66.8. The third-order valence-electron chi connectivity index (χ3n) is 7.24. The number of alkyl halides is 2. The highest BCUT2D eigenvalue weighted by atomic mass is 79.9. The predicted octanol–water partition coefficient (Wildman–Crippen LogP) is 5.86. The highest BCUT2D eigenvalue weighted by molar-refractivity contribution is 9.10. The van der Waals surface area contributed by atoms with Crippen molar-refractivity contribution in [1.29, 1.82) is 0 Å². The minimum absolute atomic E-state index is 0.159. The van der Waals surface area contributed by atoms with E-state index >= 15 is 8.78 Å². The number of amides is 1. The Morgan fingerprint density at radius 1 is 1.11 bits per heavy atom. The number of hydrogen-bond acceptors (Lipinski definition) is 4. The van der Waals surface area contributed by atoms with Gasteiger partial charge in [0.05, 0.1) is 11.5 Å². The van der Waals surface area contributed by atoms with Crippen LogP contribution in [0.4, 0.5) is 8.78 Å². The molecule has 6 nitrogen and oxygen atoms in total. The molecule has 0 saturated carbocycles. The van der Waals surface area contributed by atoms with Crippen molar-refractivity contribution >= 4 is 31.9 Å². The number of nitrogens with one attached hydrogen (secondary N) is 1. The fraction of sp³-hybridized carbons (Fsp3) is 0.519. The maximum absolute atomic E-state index is 16.0. The molecule has 0 aliphatic carbocycles. The van der Waals surface area contributed by atoms with Crippen molar-refractivity contribution in [3.8, 4) is 5.75 Å². The SMILES string of the molecule is CCCCOc1ccc(S(=O)(=O)NC(C(=O)N2C3CCC2CC(C)C3)C(F)(F)c2ccc(Br)cc2)cc1. The third kappa shape index (κ3) is 6.17. The van der Waals surface area contributed by atoms with Crippen molar-refractivity contribution in [3.05, 3.63) is 58.6 Å². The number of sulfonamides is 1. The van der Waals surface area contributed by atoms with Crippen LogP contribution in [0, 0.1) is 5.92 Å². The summed E-state index contributed by atoms with van der Waals surface area (Å²) in [5, 5.41) is 0. The largest absolute Gasteiger partial charge is 0.494 e. The number of carbonyl (C=O) groups is 1. The van der Waals surface area contributed by atoms with Gasteiger partial charge in [0, 0.05) is 22.1 Å². The van der Waals surface area contributed by atoms with Crippen LogP contribution in [0.2, 0.25) is 0 Å². The first-order chi connectivity index (χ1) is 17.5. The number of benzene rings is 2. The fourth-order valence-corrected chi connectivity index (χ4v) is 6.80. The average molecular weight is 600 g/mol. The Balaban J connectivity index is 1.64. The van der Waals surface area contributed by atoms with Crippen LogP contribution >= 0.6 is 15.9 Å². The summed E-state index contributed by atoms with van der Waals surface area (Å²) in [5.41, 5.74) is -0.436. The van der Waals surface area contributed by atoms with Crippen LogP contribution in [0.15, 0.2) is 57.9 Å². The molecule has 2 bridgehead atoms. The van der Waals surface area contributed by atoms with Gasteiger partial charge in [-0.1, -0.05) is 48.3 Å². The van der Waals surface area contributed by atoms with Crippen LogP contribution in [0.3, 0.4) is 0 Å². The standard InChI is InChI=1S/C27H33BrF2N2O4S/c1-3-4-15-36-23-11-13-24(14-12-23)37(34,35)31-25(27(29,30)19-5-7-20(28)8-6-19)26(33)32-21-9-10-22(32)17-18(2)16-21/h5-8,11-14,18,21-22,25,31H,3-4,9-10,15-17H2,1-2H3. The Hall–Kier alpha value is -2.04. The molecule has 0 spiro atoms. The fourth-order valence-electron chi connectivity index (χ4n) is 5.35. The Bertz CT molecular complexity index is 1180. The Labute approximate surface area is 225 Å². The first-order valence-corrected chi connectivity index (χ1v) is 15.0. The number of ether oxygens (including phenoxy) is 1. The van der Waals surface area contributed by atoms with Gasteiger partial charge >= 0.3 is 0 Å². The lowest BCUT2D eigenvalue weighted by atomic mass is 9.91. The molecule has 4 rings (SSSR count). The van der Waals surface area contributed by atoms with Gasteiger partial charge in [0.25, 0.3) is 5.92 Å². The highest BCUT2D eigenvalue weighted by Gasteiger charge is 2.53. The summed E-state index contributed by atoms with van der Waals surface area (Å²) in [7, 11) is -4.45. The van der Waals surface area contributed by atoms with Gasteiger partial charge in [-0.25, -0.2) is 8.42 Å². The zero-order valence-corrected chi connectivity index (χ0v) is 23.4. The Morgan fingerprint density at radius 2 is 1.70 bits per heavy atom. The van der Waals surface area contributed by atoms with E-state index in [1.54, 1.807) is 0 Å². The highest BCUT2D eigenvalue weighted by Crippen LogP contribution is 2.41. The first kappa shape index (κ1) is 28.0. The molecule has 2 aromatic rings. The van der Waals surface area contributed by atoms with Crippen LogP contribution in [0.5, 0.6) is 5.75 Å². The monoisotopic (exact) mass is 598 g/mol. The smallest absolute Gasteiger partial charge is 0.298 e. The number of fused-ring (bicyclic) bond motifs is 2. The van der Waals surface area contributed by atoms with E-state index in [-0.39, 0.29) is 17.0 Å². The molecular formula is C27H33BrF2N2O4S. The molecule has 2 aliphatic heterocycles. The van der Waals surface area contributed by atoms with Gasteiger partial charge in [0.15, 0.2) is 6.04 Å². The number of halogens is 3. The van der Waals surface area contributed by atoms with E-state index in [1.807, 2.05) is 6.92 Å². The van der Waals surface area contributed by atoms with Crippen LogP contribution in [0.1, 0.15) is 57.9 Å². The lowest BCUT2D eigenvalue weighted by molar-refractivity contribution is -0.149. The second-order valence-corrected chi connectivity index (χ2v) is 12.7. The summed E-state index contributed by atoms with van der Waals surface area (Å²) in [6, 6.07) is 8.27. The van der Waals surface area contributed by atoms with E-state index < -0.39 is 33.5 Å². The van der Waals surface area contributed by atoms with E-state index in [2.05, 4.69) is 27.6 Å². The van der Waals surface area contributed by atoms with Gasteiger partial charge in [-0.05, 0) is 74.4 Å². The van der Waals surface area contributed by atoms with E-state index in [4.69, 9.17) is 4.74 Å². The second-order valence-electron chi connectivity index (χ2n) is 10.1. The lowest BCUT2D eigenvalue weighted by Crippen LogP contribution is -2.59. The summed E-state index contributed by atoms with van der Waals surface area (Å²) in [6.45, 7) is 4.62. The van der Waals surface area contributed by atoms with Crippen molar-refractivity contribution in [2.45, 2.75) is 81.3 Å². The molecule has 2 heterocycles. The number of nitrogens with zero attached hydrogens (tertiary/aromatic N) is 1. The summed E-state index contributed by atoms with van der Waals surface area (Å²) in [5.74, 6) is -3.78. The van der Waals surface area contributed by atoms with Gasteiger partial charge < -0.3 is 9.64 Å². The zero-order chi connectivity index (χ0) is 26.8. The molecule has 37 heavy (non-hydrogen) atoms. The van der Waals surface area contributed by atoms with E-state index in [0.717, 1.165) is 38.5 Å². The van der Waals surface area contributed by atoms with E-state index in [1.165, 1.54) is 53.4 Å². The first-order valence-electron chi connectivity index (χ1n) is 12.7. The molecule has 2 aromatic carbocycles. The number of hydrogen-bond donors (Lipinski definition) is 1. The van der Waals surface area contributed by atoms with E-state index in [0.29, 0.717) is 22.7 Å². The number of piperidine rings is 1. The minimum Gasteiger partial charge on any atom is -0.494 e. The maximum atomic E-state index is 16.0. The summed E-state index contributed by atoms with van der Waals surface area (Å²) >= 11 is 3.23. The molecule has 2 aliphatic rings. The number of rotatable bonds is 10. The number of carbonyl (C=O) groups excluding carboxylic acids is 1. The van der Waals surface area contributed by atoms with Crippen molar-refractivity contribution in [2.24, 2.45) is 5.92 Å². The van der Waals surface area contributed by atoms with Crippen molar-refractivity contribution < 1.29 is 26.7 Å². The molecule has 1 amide bonds. The molecule has 0 radical (unpaired) electrons. The predicted molar refractivity (Wildman–Crippen MR) is 141 cm³/mol. The second kappa shape index (κ2) is 11.4. The van der Waals surface area contributed by atoms with Gasteiger partial charge in [0.2, 0.25) is 15.9 Å². The lowest BCUT2D eigenvalue weighted by Gasteiger charge is -2.41. The molecule has 0 aromatic heterocycles. The molecule has 1 N–H and O–H groups in total. The molecule has 2 saturated heterocycles. The van der Waals surface area contributed by atoms with Crippen LogP contribution in [0.25, 0.3) is 0 Å². The average Bonchev–Trinajstić information content (AvgIpc) is 3.13. The Morgan fingerprint density at radius 3 is 2.27 bits per heavy atom. The summed E-state index contributed by atoms with van der Waals surface area (Å²) in [4.78, 5) is 15.1. The molecule has 10 heteroatoms. The van der Waals surface area contributed by atoms with Gasteiger partial charge in [0.1, 0.15) is 5.75 Å². The van der Waals surface area contributed by atoms with Gasteiger partial charge in [-0.15, -0.1) is 0 Å². The number of unbranched alkanes of at least 4 members (excludes halogenated alkanes) is 1. The van der Waals surface area contributed by atoms with Crippen LogP contribution in [-0.2, 0) is 20.7 Å². The molecule has 3 atom stereocenters. The topological polar surface area (TPSA) is 75.7 Å². The van der Waals surface area contributed by atoms with E-state index in [9.17, 15) is 13.2 Å². The maximum Gasteiger partial charge on any atom is 0.298 e. The molecule has 202 valence electrons. The molecular weight excluding hydrogens is 566 g/mol. The quantitative estimate of drug-likeness (QED) is 0.348. The van der Waals surface area contributed by atoms with Gasteiger partial charge in [-0.2, -0.15) is 13.5 Å². The molecule has 2 fully saturated rings. The zero-order valence-electron chi connectivity index (χ0n) is 21.0.